The molecule has 3 aromatic heterocycles. The maximum Gasteiger partial charge on any atom is 0.419 e. The lowest BCUT2D eigenvalue weighted by Crippen LogP contribution is -2.19. The van der Waals surface area contributed by atoms with Gasteiger partial charge in [0.1, 0.15) is 12.3 Å². The Morgan fingerprint density at radius 3 is 2.82 bits per heavy atom. The van der Waals surface area contributed by atoms with Crippen LogP contribution in [-0.2, 0) is 22.7 Å². The van der Waals surface area contributed by atoms with Gasteiger partial charge >= 0.3 is 11.7 Å². The lowest BCUT2D eigenvalue weighted by atomic mass is 10.3. The number of hydrogen-bond acceptors (Lipinski definition) is 6. The highest BCUT2D eigenvalue weighted by Crippen LogP contribution is 2.12. The number of benzene rings is 1. The number of ether oxygens (including phenoxy) is 1. The maximum absolute atomic E-state index is 12.2. The zero-order valence-electron chi connectivity index (χ0n) is 15.1. The van der Waals surface area contributed by atoms with E-state index in [4.69, 9.17) is 9.15 Å². The van der Waals surface area contributed by atoms with Crippen LogP contribution in [0.15, 0.2) is 62.5 Å². The second-order valence-electron chi connectivity index (χ2n) is 6.34. The van der Waals surface area contributed by atoms with E-state index in [2.05, 4.69) is 4.98 Å². The SMILES string of the molecule is Cc1cccc2nc(COC(=O)CCn3c(=O)oc4ccccc43)cc(=O)n12. The molecule has 0 N–H and O–H groups in total. The van der Waals surface area contributed by atoms with Crippen LogP contribution in [0.25, 0.3) is 16.7 Å². The highest BCUT2D eigenvalue weighted by atomic mass is 16.5. The average molecular weight is 379 g/mol. The molecule has 3 heterocycles. The third-order valence-electron chi connectivity index (χ3n) is 4.43. The summed E-state index contributed by atoms with van der Waals surface area (Å²) in [5.41, 5.74) is 2.50. The van der Waals surface area contributed by atoms with E-state index >= 15 is 0 Å². The number of esters is 1. The molecule has 28 heavy (non-hydrogen) atoms. The summed E-state index contributed by atoms with van der Waals surface area (Å²) in [6, 6.07) is 13.7. The summed E-state index contributed by atoms with van der Waals surface area (Å²) in [5.74, 6) is -1.02. The van der Waals surface area contributed by atoms with Crippen molar-refractivity contribution >= 4 is 22.7 Å². The molecule has 0 radical (unpaired) electrons. The number of fused-ring (bicyclic) bond motifs is 2. The molecule has 0 spiro atoms. The van der Waals surface area contributed by atoms with E-state index in [-0.39, 0.29) is 25.1 Å². The first-order chi connectivity index (χ1) is 13.5. The van der Waals surface area contributed by atoms with E-state index in [0.29, 0.717) is 22.4 Å². The number of aryl methyl sites for hydroxylation is 2. The van der Waals surface area contributed by atoms with Gasteiger partial charge in [-0.15, -0.1) is 0 Å². The Hall–Kier alpha value is -3.68. The van der Waals surface area contributed by atoms with Gasteiger partial charge in [-0.3, -0.25) is 18.6 Å². The van der Waals surface area contributed by atoms with E-state index < -0.39 is 11.7 Å². The van der Waals surface area contributed by atoms with Crippen molar-refractivity contribution in [1.29, 1.82) is 0 Å². The first-order valence-corrected chi connectivity index (χ1v) is 8.75. The van der Waals surface area contributed by atoms with Gasteiger partial charge in [-0.1, -0.05) is 18.2 Å². The van der Waals surface area contributed by atoms with E-state index in [0.717, 1.165) is 5.69 Å². The summed E-state index contributed by atoms with van der Waals surface area (Å²) in [4.78, 5) is 40.6. The molecule has 0 unspecified atom stereocenters. The minimum Gasteiger partial charge on any atom is -0.459 e. The van der Waals surface area contributed by atoms with Gasteiger partial charge in [0.25, 0.3) is 5.56 Å². The number of carbonyl (C=O) groups is 1. The van der Waals surface area contributed by atoms with Crippen LogP contribution in [0.5, 0.6) is 0 Å². The molecule has 0 aliphatic rings. The van der Waals surface area contributed by atoms with Crippen molar-refractivity contribution in [2.24, 2.45) is 0 Å². The van der Waals surface area contributed by atoms with Crippen molar-refractivity contribution < 1.29 is 13.9 Å². The molecule has 1 aromatic carbocycles. The topological polar surface area (TPSA) is 95.8 Å². The van der Waals surface area contributed by atoms with Gasteiger partial charge in [0.05, 0.1) is 17.6 Å². The van der Waals surface area contributed by atoms with Crippen LogP contribution in [0, 0.1) is 6.92 Å². The molecule has 0 atom stereocenters. The summed E-state index contributed by atoms with van der Waals surface area (Å²) in [5, 5.41) is 0. The maximum atomic E-state index is 12.2. The molecule has 142 valence electrons. The molecule has 4 rings (SSSR count). The van der Waals surface area contributed by atoms with Crippen LogP contribution in [0.2, 0.25) is 0 Å². The fraction of sp³-hybridized carbons (Fsp3) is 0.200. The predicted molar refractivity (Wildman–Crippen MR) is 101 cm³/mol. The van der Waals surface area contributed by atoms with E-state index in [9.17, 15) is 14.4 Å². The summed E-state index contributed by atoms with van der Waals surface area (Å²) >= 11 is 0. The Morgan fingerprint density at radius 1 is 1.14 bits per heavy atom. The van der Waals surface area contributed by atoms with Gasteiger partial charge in [0.15, 0.2) is 5.58 Å². The molecular weight excluding hydrogens is 362 g/mol. The number of pyridine rings is 1. The van der Waals surface area contributed by atoms with Crippen LogP contribution in [0.1, 0.15) is 17.8 Å². The molecule has 0 bridgehead atoms. The zero-order chi connectivity index (χ0) is 19.7. The van der Waals surface area contributed by atoms with Gasteiger partial charge in [-0.2, -0.15) is 0 Å². The summed E-state index contributed by atoms with van der Waals surface area (Å²) in [7, 11) is 0. The van der Waals surface area contributed by atoms with Crippen molar-refractivity contribution in [1.82, 2.24) is 14.0 Å². The van der Waals surface area contributed by atoms with E-state index in [1.54, 1.807) is 36.4 Å². The Bertz CT molecular complexity index is 1300. The lowest BCUT2D eigenvalue weighted by Gasteiger charge is -2.08. The molecule has 0 aliphatic carbocycles. The van der Waals surface area contributed by atoms with Crippen LogP contribution in [0.4, 0.5) is 0 Å². The Morgan fingerprint density at radius 2 is 1.96 bits per heavy atom. The van der Waals surface area contributed by atoms with E-state index in [1.807, 2.05) is 13.0 Å². The first kappa shape index (κ1) is 17.7. The predicted octanol–water partition coefficient (Wildman–Crippen LogP) is 2.04. The number of rotatable bonds is 5. The zero-order valence-corrected chi connectivity index (χ0v) is 15.1. The number of hydrogen-bond donors (Lipinski definition) is 0. The van der Waals surface area contributed by atoms with Gasteiger partial charge in [0, 0.05) is 18.3 Å². The minimum atomic E-state index is -0.520. The van der Waals surface area contributed by atoms with Gasteiger partial charge in [-0.05, 0) is 31.2 Å². The van der Waals surface area contributed by atoms with Gasteiger partial charge in [0.2, 0.25) is 0 Å². The van der Waals surface area contributed by atoms with Crippen molar-refractivity contribution in [3.63, 3.8) is 0 Å². The largest absolute Gasteiger partial charge is 0.459 e. The number of carbonyl (C=O) groups excluding carboxylic acids is 1. The van der Waals surface area contributed by atoms with Crippen molar-refractivity contribution in [3.8, 4) is 0 Å². The Kier molecular flexibility index (Phi) is 4.52. The third kappa shape index (κ3) is 3.32. The smallest absolute Gasteiger partial charge is 0.419 e. The fourth-order valence-electron chi connectivity index (χ4n) is 3.09. The second-order valence-corrected chi connectivity index (χ2v) is 6.34. The molecule has 0 saturated heterocycles. The Balaban J connectivity index is 1.43. The molecule has 0 aliphatic heterocycles. The highest BCUT2D eigenvalue weighted by molar-refractivity contribution is 5.73. The fourth-order valence-corrected chi connectivity index (χ4v) is 3.09. The number of oxazole rings is 1. The normalized spacial score (nSPS) is 11.2. The number of aromatic nitrogens is 3. The Labute approximate surface area is 158 Å². The second kappa shape index (κ2) is 7.15. The highest BCUT2D eigenvalue weighted by Gasteiger charge is 2.12. The van der Waals surface area contributed by atoms with E-state index in [1.165, 1.54) is 15.0 Å². The quantitative estimate of drug-likeness (QED) is 0.493. The average Bonchev–Trinajstić information content (AvgIpc) is 2.99. The standard InChI is InChI=1S/C20H17N3O5/c1-13-5-4-8-17-21-14(11-18(24)23(13)17)12-27-19(25)9-10-22-15-6-2-3-7-16(15)28-20(22)26/h2-8,11H,9-10,12H2,1H3. The summed E-state index contributed by atoms with van der Waals surface area (Å²) in [6.07, 6.45) is -0.00486. The van der Waals surface area contributed by atoms with Crippen LogP contribution in [0.3, 0.4) is 0 Å². The van der Waals surface area contributed by atoms with Crippen molar-refractivity contribution in [2.45, 2.75) is 26.5 Å². The molecular formula is C20H17N3O5. The summed E-state index contributed by atoms with van der Waals surface area (Å²) < 4.78 is 13.2. The van der Waals surface area contributed by atoms with Crippen molar-refractivity contribution in [3.05, 3.63) is 80.8 Å². The minimum absolute atomic E-state index is 0.00486. The molecule has 8 nitrogen and oxygen atoms in total. The first-order valence-electron chi connectivity index (χ1n) is 8.75. The van der Waals surface area contributed by atoms with Crippen LogP contribution >= 0.6 is 0 Å². The van der Waals surface area contributed by atoms with Crippen LogP contribution < -0.4 is 11.3 Å². The molecule has 0 fully saturated rings. The monoisotopic (exact) mass is 379 g/mol. The lowest BCUT2D eigenvalue weighted by molar-refractivity contribution is -0.145. The molecule has 0 amide bonds. The molecule has 4 aromatic rings. The van der Waals surface area contributed by atoms with Gasteiger partial charge in [-0.25, -0.2) is 9.78 Å². The molecule has 8 heteroatoms. The third-order valence-corrected chi connectivity index (χ3v) is 4.43. The number of para-hydroxylation sites is 2. The van der Waals surface area contributed by atoms with Gasteiger partial charge < -0.3 is 9.15 Å². The summed E-state index contributed by atoms with van der Waals surface area (Å²) in [6.45, 7) is 1.85. The van der Waals surface area contributed by atoms with Crippen LogP contribution in [-0.4, -0.2) is 19.9 Å². The molecule has 0 saturated carbocycles. The number of nitrogens with zero attached hydrogens (tertiary/aromatic N) is 3. The van der Waals surface area contributed by atoms with Crippen molar-refractivity contribution in [2.75, 3.05) is 0 Å².